The molecule has 0 aromatic heterocycles. The maximum atomic E-state index is 12.2. The number of nitrogens with zero attached hydrogens (tertiary/aromatic N) is 1. The van der Waals surface area contributed by atoms with Crippen LogP contribution in [0.2, 0.25) is 0 Å². The highest BCUT2D eigenvalue weighted by Gasteiger charge is 2.53. The number of nitrogens with one attached hydrogen (secondary N) is 1. The zero-order valence-electron chi connectivity index (χ0n) is 9.49. The monoisotopic (exact) mass is 232 g/mol. The van der Waals surface area contributed by atoms with Gasteiger partial charge in [0.25, 0.3) is 0 Å². The molecule has 1 aliphatic carbocycles. The van der Waals surface area contributed by atoms with Crippen molar-refractivity contribution in [3.63, 3.8) is 0 Å². The Hall–Kier alpha value is -0.130. The lowest BCUT2D eigenvalue weighted by atomic mass is 10.3. The molecule has 0 aromatic rings. The Balaban J connectivity index is 2.26. The van der Waals surface area contributed by atoms with Crippen LogP contribution in [0, 0.1) is 0 Å². The largest absolute Gasteiger partial charge is 0.315 e. The minimum Gasteiger partial charge on any atom is -0.315 e. The standard InChI is InChI=1S/C10H20N2O2S/c1-9(2)15(13,14)12-7-3-6-11-8-10(12)4-5-10/h9,11H,3-8H2,1-2H3. The SMILES string of the molecule is CC(C)S(=O)(=O)N1CCCNCC12CC2. The lowest BCUT2D eigenvalue weighted by molar-refractivity contribution is 0.313. The van der Waals surface area contributed by atoms with Gasteiger partial charge in [-0.25, -0.2) is 8.42 Å². The minimum atomic E-state index is -3.08. The molecular weight excluding hydrogens is 212 g/mol. The summed E-state index contributed by atoms with van der Waals surface area (Å²) in [4.78, 5) is 0. The Morgan fingerprint density at radius 3 is 2.53 bits per heavy atom. The molecule has 2 rings (SSSR count). The molecule has 5 heteroatoms. The summed E-state index contributed by atoms with van der Waals surface area (Å²) in [5.41, 5.74) is -0.0698. The molecule has 1 heterocycles. The van der Waals surface area contributed by atoms with E-state index in [2.05, 4.69) is 5.32 Å². The van der Waals surface area contributed by atoms with Crippen LogP contribution >= 0.6 is 0 Å². The van der Waals surface area contributed by atoms with E-state index < -0.39 is 10.0 Å². The Morgan fingerprint density at radius 1 is 1.33 bits per heavy atom. The van der Waals surface area contributed by atoms with Crippen LogP contribution < -0.4 is 5.32 Å². The van der Waals surface area contributed by atoms with E-state index in [-0.39, 0.29) is 10.8 Å². The zero-order chi connectivity index (χ0) is 11.1. The van der Waals surface area contributed by atoms with Crippen LogP contribution in [0.4, 0.5) is 0 Å². The third-order valence-corrected chi connectivity index (χ3v) is 5.80. The van der Waals surface area contributed by atoms with E-state index in [1.54, 1.807) is 18.2 Å². The predicted molar refractivity (Wildman–Crippen MR) is 60.2 cm³/mol. The highest BCUT2D eigenvalue weighted by atomic mass is 32.2. The van der Waals surface area contributed by atoms with Crippen LogP contribution in [0.5, 0.6) is 0 Å². The normalized spacial score (nSPS) is 26.9. The van der Waals surface area contributed by atoms with Crippen LogP contribution in [-0.4, -0.2) is 43.1 Å². The van der Waals surface area contributed by atoms with Crippen molar-refractivity contribution < 1.29 is 8.42 Å². The second-order valence-electron chi connectivity index (χ2n) is 4.92. The number of sulfonamides is 1. The van der Waals surface area contributed by atoms with E-state index in [0.29, 0.717) is 6.54 Å². The van der Waals surface area contributed by atoms with Crippen molar-refractivity contribution >= 4 is 10.0 Å². The molecule has 88 valence electrons. The lowest BCUT2D eigenvalue weighted by Crippen LogP contribution is -2.48. The van der Waals surface area contributed by atoms with Gasteiger partial charge >= 0.3 is 0 Å². The van der Waals surface area contributed by atoms with Gasteiger partial charge in [0.05, 0.1) is 5.25 Å². The van der Waals surface area contributed by atoms with Gasteiger partial charge in [0.15, 0.2) is 0 Å². The van der Waals surface area contributed by atoms with Gasteiger partial charge in [0.1, 0.15) is 0 Å². The Bertz CT molecular complexity index is 333. The highest BCUT2D eigenvalue weighted by molar-refractivity contribution is 7.89. The van der Waals surface area contributed by atoms with Crippen LogP contribution in [-0.2, 0) is 10.0 Å². The van der Waals surface area contributed by atoms with Crippen molar-refractivity contribution in [2.24, 2.45) is 0 Å². The Labute approximate surface area is 92.1 Å². The molecule has 0 atom stereocenters. The smallest absolute Gasteiger partial charge is 0.216 e. The third kappa shape index (κ3) is 1.92. The van der Waals surface area contributed by atoms with Gasteiger partial charge in [-0.2, -0.15) is 4.31 Å². The highest BCUT2D eigenvalue weighted by Crippen LogP contribution is 2.44. The van der Waals surface area contributed by atoms with Gasteiger partial charge < -0.3 is 5.32 Å². The molecular formula is C10H20N2O2S. The number of hydrogen-bond donors (Lipinski definition) is 1. The van der Waals surface area contributed by atoms with E-state index in [9.17, 15) is 8.42 Å². The van der Waals surface area contributed by atoms with E-state index in [1.165, 1.54) is 0 Å². The molecule has 0 amide bonds. The Morgan fingerprint density at radius 2 is 2.00 bits per heavy atom. The maximum Gasteiger partial charge on any atom is 0.216 e. The number of rotatable bonds is 2. The van der Waals surface area contributed by atoms with Crippen molar-refractivity contribution in [3.05, 3.63) is 0 Å². The molecule has 15 heavy (non-hydrogen) atoms. The molecule has 2 aliphatic rings. The van der Waals surface area contributed by atoms with Gasteiger partial charge in [-0.05, 0) is 39.7 Å². The fraction of sp³-hybridized carbons (Fsp3) is 1.00. The summed E-state index contributed by atoms with van der Waals surface area (Å²) < 4.78 is 26.2. The first-order chi connectivity index (χ1) is 6.99. The molecule has 2 fully saturated rings. The van der Waals surface area contributed by atoms with E-state index >= 15 is 0 Å². The maximum absolute atomic E-state index is 12.2. The average Bonchev–Trinajstić information content (AvgIpc) is 2.94. The van der Waals surface area contributed by atoms with Crippen molar-refractivity contribution in [1.29, 1.82) is 0 Å². The van der Waals surface area contributed by atoms with Gasteiger partial charge in [0.2, 0.25) is 10.0 Å². The summed E-state index contributed by atoms with van der Waals surface area (Å²) in [7, 11) is -3.08. The van der Waals surface area contributed by atoms with Crippen molar-refractivity contribution in [3.8, 4) is 0 Å². The van der Waals surface area contributed by atoms with Crippen molar-refractivity contribution in [2.45, 2.75) is 43.9 Å². The summed E-state index contributed by atoms with van der Waals surface area (Å²) in [5.74, 6) is 0. The van der Waals surface area contributed by atoms with Crippen molar-refractivity contribution in [1.82, 2.24) is 9.62 Å². The van der Waals surface area contributed by atoms with E-state index in [0.717, 1.165) is 32.4 Å². The molecule has 0 unspecified atom stereocenters. The number of hydrogen-bond acceptors (Lipinski definition) is 3. The molecule has 4 nitrogen and oxygen atoms in total. The molecule has 1 N–H and O–H groups in total. The second-order valence-corrected chi connectivity index (χ2v) is 7.33. The third-order valence-electron chi connectivity index (χ3n) is 3.43. The fourth-order valence-corrected chi connectivity index (χ4v) is 3.90. The summed E-state index contributed by atoms with van der Waals surface area (Å²) >= 11 is 0. The topological polar surface area (TPSA) is 49.4 Å². The summed E-state index contributed by atoms with van der Waals surface area (Å²) in [5, 5.41) is 3.04. The van der Waals surface area contributed by atoms with E-state index in [1.807, 2.05) is 0 Å². The second kappa shape index (κ2) is 3.71. The van der Waals surface area contributed by atoms with Gasteiger partial charge in [0, 0.05) is 18.6 Å². The minimum absolute atomic E-state index is 0.0698. The van der Waals surface area contributed by atoms with Gasteiger partial charge in [-0.15, -0.1) is 0 Å². The van der Waals surface area contributed by atoms with Crippen molar-refractivity contribution in [2.75, 3.05) is 19.6 Å². The average molecular weight is 232 g/mol. The summed E-state index contributed by atoms with van der Waals surface area (Å²) in [6.07, 6.45) is 2.96. The molecule has 1 saturated carbocycles. The molecule has 0 bridgehead atoms. The molecule has 0 aromatic carbocycles. The fourth-order valence-electron chi connectivity index (χ4n) is 2.22. The van der Waals surface area contributed by atoms with Crippen LogP contribution in [0.25, 0.3) is 0 Å². The quantitative estimate of drug-likeness (QED) is 0.756. The summed E-state index contributed by atoms with van der Waals surface area (Å²) in [6, 6.07) is 0. The Kier molecular flexibility index (Phi) is 2.81. The van der Waals surface area contributed by atoms with Crippen LogP contribution in [0.15, 0.2) is 0 Å². The van der Waals surface area contributed by atoms with Gasteiger partial charge in [-0.3, -0.25) is 0 Å². The molecule has 0 radical (unpaired) electrons. The van der Waals surface area contributed by atoms with Crippen LogP contribution in [0.1, 0.15) is 33.1 Å². The lowest BCUT2D eigenvalue weighted by Gasteiger charge is -2.30. The summed E-state index contributed by atoms with van der Waals surface area (Å²) in [6.45, 7) is 5.99. The molecule has 1 saturated heterocycles. The first-order valence-corrected chi connectivity index (χ1v) is 7.22. The van der Waals surface area contributed by atoms with Gasteiger partial charge in [-0.1, -0.05) is 0 Å². The first kappa shape index (κ1) is 11.4. The molecule has 1 spiro atoms. The first-order valence-electron chi connectivity index (χ1n) is 5.71. The van der Waals surface area contributed by atoms with E-state index in [4.69, 9.17) is 0 Å². The zero-order valence-corrected chi connectivity index (χ0v) is 10.3. The molecule has 1 aliphatic heterocycles. The predicted octanol–water partition coefficient (Wildman–Crippen LogP) is 0.552. The van der Waals surface area contributed by atoms with Crippen LogP contribution in [0.3, 0.4) is 0 Å².